The van der Waals surface area contributed by atoms with Gasteiger partial charge in [-0.1, -0.05) is 49.7 Å². The van der Waals surface area contributed by atoms with Gasteiger partial charge in [-0.3, -0.25) is 4.79 Å². The summed E-state index contributed by atoms with van der Waals surface area (Å²) in [7, 11) is 0. The summed E-state index contributed by atoms with van der Waals surface area (Å²) in [6.07, 6.45) is 2.01. The van der Waals surface area contributed by atoms with Crippen molar-refractivity contribution >= 4 is 5.78 Å². The minimum Gasteiger partial charge on any atom is -0.435 e. The van der Waals surface area contributed by atoms with E-state index in [2.05, 4.69) is 11.7 Å². The van der Waals surface area contributed by atoms with E-state index < -0.39 is 6.61 Å². The highest BCUT2D eigenvalue weighted by atomic mass is 19.3. The van der Waals surface area contributed by atoms with Crippen molar-refractivity contribution in [2.24, 2.45) is 0 Å². The highest BCUT2D eigenvalue weighted by molar-refractivity contribution is 6.09. The van der Waals surface area contributed by atoms with E-state index in [4.69, 9.17) is 0 Å². The molecule has 0 bridgehead atoms. The third-order valence-corrected chi connectivity index (χ3v) is 3.08. The fourth-order valence-electron chi connectivity index (χ4n) is 2.09. The van der Waals surface area contributed by atoms with Crippen LogP contribution in [-0.2, 0) is 6.42 Å². The normalized spacial score (nSPS) is 10.7. The Morgan fingerprint density at radius 3 is 2.43 bits per heavy atom. The van der Waals surface area contributed by atoms with Gasteiger partial charge in [0.15, 0.2) is 5.78 Å². The van der Waals surface area contributed by atoms with E-state index in [9.17, 15) is 13.6 Å². The van der Waals surface area contributed by atoms with Gasteiger partial charge in [0.2, 0.25) is 0 Å². The number of halogens is 2. The summed E-state index contributed by atoms with van der Waals surface area (Å²) in [6.45, 7) is -0.809. The Labute approximate surface area is 122 Å². The fraction of sp³-hybridized carbons (Fsp3) is 0.235. The van der Waals surface area contributed by atoms with Gasteiger partial charge in [0, 0.05) is 11.1 Å². The smallest absolute Gasteiger partial charge is 0.387 e. The molecule has 0 aliphatic heterocycles. The molecule has 2 aromatic rings. The molecule has 0 fully saturated rings. The van der Waals surface area contributed by atoms with E-state index in [1.807, 2.05) is 12.1 Å². The van der Waals surface area contributed by atoms with Crippen molar-refractivity contribution < 1.29 is 18.3 Å². The SMILES string of the molecule is CCCc1ccc(C(=O)c2cccc(OC(F)F)c2)cc1. The van der Waals surface area contributed by atoms with Gasteiger partial charge < -0.3 is 4.74 Å². The standard InChI is InChI=1S/C17H16F2O2/c1-2-4-12-7-9-13(10-8-12)16(20)14-5-3-6-15(11-14)21-17(18)19/h3,5-11,17H,2,4H2,1H3. The van der Waals surface area contributed by atoms with Gasteiger partial charge in [0.25, 0.3) is 0 Å². The first-order chi connectivity index (χ1) is 10.1. The van der Waals surface area contributed by atoms with Crippen LogP contribution in [0, 0.1) is 0 Å². The molecule has 0 amide bonds. The topological polar surface area (TPSA) is 26.3 Å². The zero-order chi connectivity index (χ0) is 15.2. The van der Waals surface area contributed by atoms with Crippen molar-refractivity contribution in [1.29, 1.82) is 0 Å². The lowest BCUT2D eigenvalue weighted by atomic mass is 10.0. The van der Waals surface area contributed by atoms with Gasteiger partial charge in [0.1, 0.15) is 5.75 Å². The Morgan fingerprint density at radius 1 is 1.10 bits per heavy atom. The average molecular weight is 290 g/mol. The molecule has 0 saturated carbocycles. The first-order valence-electron chi connectivity index (χ1n) is 6.78. The van der Waals surface area contributed by atoms with E-state index in [1.54, 1.807) is 18.2 Å². The molecule has 2 rings (SSSR count). The minimum atomic E-state index is -2.90. The Morgan fingerprint density at radius 2 is 1.81 bits per heavy atom. The van der Waals surface area contributed by atoms with Crippen LogP contribution in [0.25, 0.3) is 0 Å². The van der Waals surface area contributed by atoms with Crippen molar-refractivity contribution in [1.82, 2.24) is 0 Å². The molecule has 2 nitrogen and oxygen atoms in total. The molecule has 0 saturated heterocycles. The first-order valence-corrected chi connectivity index (χ1v) is 6.78. The maximum absolute atomic E-state index is 12.3. The highest BCUT2D eigenvalue weighted by Crippen LogP contribution is 2.19. The van der Waals surface area contributed by atoms with Crippen LogP contribution >= 0.6 is 0 Å². The predicted molar refractivity (Wildman–Crippen MR) is 76.9 cm³/mol. The molecule has 21 heavy (non-hydrogen) atoms. The van der Waals surface area contributed by atoms with E-state index in [0.717, 1.165) is 12.8 Å². The van der Waals surface area contributed by atoms with Gasteiger partial charge in [0.05, 0.1) is 0 Å². The van der Waals surface area contributed by atoms with E-state index >= 15 is 0 Å². The predicted octanol–water partition coefficient (Wildman–Crippen LogP) is 4.47. The Balaban J connectivity index is 2.19. The second-order valence-corrected chi connectivity index (χ2v) is 4.68. The summed E-state index contributed by atoms with van der Waals surface area (Å²) in [4.78, 5) is 12.3. The summed E-state index contributed by atoms with van der Waals surface area (Å²) in [5.41, 5.74) is 2.03. The average Bonchev–Trinajstić information content (AvgIpc) is 2.47. The second kappa shape index (κ2) is 6.97. The summed E-state index contributed by atoms with van der Waals surface area (Å²) < 4.78 is 28.7. The number of rotatable bonds is 6. The third kappa shape index (κ3) is 4.12. The Bertz CT molecular complexity index is 606. The first kappa shape index (κ1) is 15.2. The highest BCUT2D eigenvalue weighted by Gasteiger charge is 2.11. The van der Waals surface area contributed by atoms with Crippen LogP contribution in [0.15, 0.2) is 48.5 Å². The second-order valence-electron chi connectivity index (χ2n) is 4.68. The largest absolute Gasteiger partial charge is 0.435 e. The molecule has 0 aliphatic rings. The minimum absolute atomic E-state index is 0.0153. The van der Waals surface area contributed by atoms with Crippen molar-refractivity contribution in [2.45, 2.75) is 26.4 Å². The Kier molecular flexibility index (Phi) is 5.04. The lowest BCUT2D eigenvalue weighted by Gasteiger charge is -2.07. The molecular weight excluding hydrogens is 274 g/mol. The third-order valence-electron chi connectivity index (χ3n) is 3.08. The van der Waals surface area contributed by atoms with Crippen LogP contribution in [0.4, 0.5) is 8.78 Å². The number of alkyl halides is 2. The summed E-state index contributed by atoms with van der Waals surface area (Å²) >= 11 is 0. The monoisotopic (exact) mass is 290 g/mol. The van der Waals surface area contributed by atoms with E-state index in [1.165, 1.54) is 23.8 Å². The van der Waals surface area contributed by atoms with Crippen molar-refractivity contribution in [2.75, 3.05) is 0 Å². The lowest BCUT2D eigenvalue weighted by Crippen LogP contribution is -2.05. The quantitative estimate of drug-likeness (QED) is 0.734. The molecule has 110 valence electrons. The van der Waals surface area contributed by atoms with Crippen LogP contribution in [0.3, 0.4) is 0 Å². The molecule has 4 heteroatoms. The number of aryl methyl sites for hydroxylation is 1. The molecular formula is C17H16F2O2. The van der Waals surface area contributed by atoms with Gasteiger partial charge in [-0.25, -0.2) is 0 Å². The van der Waals surface area contributed by atoms with E-state index in [-0.39, 0.29) is 11.5 Å². The zero-order valence-corrected chi connectivity index (χ0v) is 11.7. The molecule has 0 aromatic heterocycles. The zero-order valence-electron chi connectivity index (χ0n) is 11.7. The van der Waals surface area contributed by atoms with Gasteiger partial charge in [-0.2, -0.15) is 8.78 Å². The number of carbonyl (C=O) groups excluding carboxylic acids is 1. The number of benzene rings is 2. The van der Waals surface area contributed by atoms with Crippen molar-refractivity contribution in [3.8, 4) is 5.75 Å². The molecule has 0 radical (unpaired) electrons. The molecule has 2 aromatic carbocycles. The van der Waals surface area contributed by atoms with Crippen LogP contribution in [-0.4, -0.2) is 12.4 Å². The summed E-state index contributed by atoms with van der Waals surface area (Å²) in [5.74, 6) is -0.226. The molecule has 0 atom stereocenters. The molecule has 0 heterocycles. The molecule has 0 N–H and O–H groups in total. The van der Waals surface area contributed by atoms with Crippen molar-refractivity contribution in [3.05, 3.63) is 65.2 Å². The number of hydrogen-bond acceptors (Lipinski definition) is 2. The number of carbonyl (C=O) groups is 1. The summed E-state index contributed by atoms with van der Waals surface area (Å²) in [6, 6.07) is 13.2. The van der Waals surface area contributed by atoms with Crippen LogP contribution in [0.1, 0.15) is 34.8 Å². The van der Waals surface area contributed by atoms with Crippen LogP contribution < -0.4 is 4.74 Å². The van der Waals surface area contributed by atoms with Gasteiger partial charge in [-0.05, 0) is 24.1 Å². The number of ether oxygens (including phenoxy) is 1. The summed E-state index contributed by atoms with van der Waals surface area (Å²) in [5, 5.41) is 0. The molecule has 0 aliphatic carbocycles. The van der Waals surface area contributed by atoms with Gasteiger partial charge >= 0.3 is 6.61 Å². The molecule has 0 unspecified atom stereocenters. The van der Waals surface area contributed by atoms with Crippen molar-refractivity contribution in [3.63, 3.8) is 0 Å². The number of hydrogen-bond donors (Lipinski definition) is 0. The maximum atomic E-state index is 12.3. The fourth-order valence-corrected chi connectivity index (χ4v) is 2.09. The van der Waals surface area contributed by atoms with Gasteiger partial charge in [-0.15, -0.1) is 0 Å². The van der Waals surface area contributed by atoms with Crippen LogP contribution in [0.2, 0.25) is 0 Å². The lowest BCUT2D eigenvalue weighted by molar-refractivity contribution is -0.0498. The number of ketones is 1. The van der Waals surface area contributed by atoms with E-state index in [0.29, 0.717) is 11.1 Å². The molecule has 0 spiro atoms. The maximum Gasteiger partial charge on any atom is 0.387 e. The van der Waals surface area contributed by atoms with Crippen LogP contribution in [0.5, 0.6) is 5.75 Å². The Hall–Kier alpha value is -2.23.